The third kappa shape index (κ3) is 5.10. The molecule has 0 unspecified atom stereocenters. The highest BCUT2D eigenvalue weighted by molar-refractivity contribution is 7.92. The average Bonchev–Trinajstić information content (AvgIpc) is 3.14. The molecule has 4 aromatic rings. The number of benzene rings is 3. The normalized spacial score (nSPS) is 11.7. The summed E-state index contributed by atoms with van der Waals surface area (Å²) in [4.78, 5) is 12.1. The Hall–Kier alpha value is -3.96. The van der Waals surface area contributed by atoms with Crippen LogP contribution in [0.25, 0.3) is 5.69 Å². The van der Waals surface area contributed by atoms with E-state index in [2.05, 4.69) is 9.82 Å². The van der Waals surface area contributed by atoms with E-state index in [0.717, 1.165) is 5.69 Å². The highest BCUT2D eigenvalue weighted by Crippen LogP contribution is 2.25. The average molecular weight is 511 g/mol. The van der Waals surface area contributed by atoms with Crippen molar-refractivity contribution in [2.24, 2.45) is 0 Å². The molecule has 0 aliphatic heterocycles. The number of hydrogen-bond acceptors (Lipinski definition) is 6. The van der Waals surface area contributed by atoms with E-state index >= 15 is 0 Å². The minimum atomic E-state index is -4.15. The molecule has 0 spiro atoms. The highest BCUT2D eigenvalue weighted by Gasteiger charge is 2.26. The summed E-state index contributed by atoms with van der Waals surface area (Å²) in [7, 11) is -8.17. The van der Waals surface area contributed by atoms with Crippen molar-refractivity contribution in [2.45, 2.75) is 23.6 Å². The second kappa shape index (κ2) is 9.35. The third-order valence-corrected chi connectivity index (χ3v) is 8.15. The predicted octanol–water partition coefficient (Wildman–Crippen LogP) is 3.41. The van der Waals surface area contributed by atoms with Crippen LogP contribution in [0.4, 0.5) is 5.69 Å². The van der Waals surface area contributed by atoms with Crippen LogP contribution in [0.5, 0.6) is 0 Å². The van der Waals surface area contributed by atoms with Gasteiger partial charge < -0.3 is 0 Å². The zero-order valence-corrected chi connectivity index (χ0v) is 20.5. The molecule has 1 amide bonds. The molecule has 0 bridgehead atoms. The van der Waals surface area contributed by atoms with Crippen molar-refractivity contribution in [2.75, 3.05) is 4.72 Å². The van der Waals surface area contributed by atoms with Gasteiger partial charge in [0.25, 0.3) is 26.0 Å². The number of sulfonamides is 2. The number of nitrogens with zero attached hydrogens (tertiary/aromatic N) is 2. The van der Waals surface area contributed by atoms with Gasteiger partial charge in [0.05, 0.1) is 22.0 Å². The molecule has 0 saturated carbocycles. The molecule has 0 fully saturated rings. The van der Waals surface area contributed by atoms with Crippen LogP contribution in [0.2, 0.25) is 0 Å². The van der Waals surface area contributed by atoms with Crippen LogP contribution >= 0.6 is 0 Å². The van der Waals surface area contributed by atoms with Gasteiger partial charge in [0.2, 0.25) is 0 Å². The maximum Gasteiger partial charge on any atom is 0.265 e. The number of hydrogen-bond donors (Lipinski definition) is 2. The Morgan fingerprint density at radius 3 is 1.94 bits per heavy atom. The van der Waals surface area contributed by atoms with Gasteiger partial charge >= 0.3 is 0 Å². The summed E-state index contributed by atoms with van der Waals surface area (Å²) < 4.78 is 57.4. The molecule has 0 atom stereocenters. The number of nitrogens with one attached hydrogen (secondary N) is 2. The van der Waals surface area contributed by atoms with E-state index in [1.165, 1.54) is 36.4 Å². The summed E-state index contributed by atoms with van der Waals surface area (Å²) in [6.07, 6.45) is 0. The molecule has 9 nitrogen and oxygen atoms in total. The Balaban J connectivity index is 1.55. The molecule has 2 N–H and O–H groups in total. The van der Waals surface area contributed by atoms with Crippen molar-refractivity contribution >= 4 is 31.6 Å². The molecule has 0 radical (unpaired) electrons. The van der Waals surface area contributed by atoms with E-state index in [9.17, 15) is 21.6 Å². The number of carbonyl (C=O) groups excluding carboxylic acids is 1. The molecule has 0 saturated heterocycles. The van der Waals surface area contributed by atoms with Gasteiger partial charge in [-0.2, -0.15) is 5.10 Å². The Kier molecular flexibility index (Phi) is 6.46. The number of para-hydroxylation sites is 1. The summed E-state index contributed by atoms with van der Waals surface area (Å²) in [5.41, 5.74) is 1.83. The summed E-state index contributed by atoms with van der Waals surface area (Å²) in [5, 5.41) is 4.37. The highest BCUT2D eigenvalue weighted by atomic mass is 32.2. The summed E-state index contributed by atoms with van der Waals surface area (Å²) in [5.74, 6) is -0.767. The number of aromatic nitrogens is 2. The molecule has 0 aliphatic carbocycles. The topological polar surface area (TPSA) is 127 Å². The predicted molar refractivity (Wildman–Crippen MR) is 131 cm³/mol. The van der Waals surface area contributed by atoms with E-state index in [1.54, 1.807) is 36.7 Å². The smallest absolute Gasteiger partial charge is 0.265 e. The minimum absolute atomic E-state index is 0.0353. The lowest BCUT2D eigenvalue weighted by molar-refractivity contribution is 0.0981. The lowest BCUT2D eigenvalue weighted by Crippen LogP contribution is -2.30. The Bertz CT molecular complexity index is 1580. The molecule has 11 heteroatoms. The number of amides is 1. The SMILES string of the molecule is Cc1nn(-c2ccccc2)c(C)c1S(=O)(=O)Nc1ccc(S(=O)(=O)NC(=O)c2ccccc2)cc1. The van der Waals surface area contributed by atoms with Crippen LogP contribution in [0.3, 0.4) is 0 Å². The van der Waals surface area contributed by atoms with Crippen molar-refractivity contribution in [3.63, 3.8) is 0 Å². The first-order valence-electron chi connectivity index (χ1n) is 10.5. The zero-order chi connectivity index (χ0) is 25.2. The van der Waals surface area contributed by atoms with Crippen molar-refractivity contribution < 1.29 is 21.6 Å². The first-order valence-corrected chi connectivity index (χ1v) is 13.4. The summed E-state index contributed by atoms with van der Waals surface area (Å²) in [6, 6.07) is 22.1. The van der Waals surface area contributed by atoms with Gasteiger partial charge in [-0.05, 0) is 62.4 Å². The van der Waals surface area contributed by atoms with Crippen molar-refractivity contribution in [3.05, 3.63) is 102 Å². The number of aryl methyl sites for hydroxylation is 1. The fourth-order valence-corrected chi connectivity index (χ4v) is 6.00. The van der Waals surface area contributed by atoms with Gasteiger partial charge in [-0.1, -0.05) is 36.4 Å². The van der Waals surface area contributed by atoms with Crippen LogP contribution in [0.15, 0.2) is 94.7 Å². The first kappa shape index (κ1) is 24.2. The van der Waals surface area contributed by atoms with Gasteiger partial charge in [-0.15, -0.1) is 0 Å². The van der Waals surface area contributed by atoms with Gasteiger partial charge in [0, 0.05) is 11.3 Å². The summed E-state index contributed by atoms with van der Waals surface area (Å²) >= 11 is 0. The van der Waals surface area contributed by atoms with E-state index in [4.69, 9.17) is 0 Å². The molecule has 35 heavy (non-hydrogen) atoms. The number of anilines is 1. The minimum Gasteiger partial charge on any atom is -0.280 e. The van der Waals surface area contributed by atoms with Crippen LogP contribution in [-0.4, -0.2) is 32.5 Å². The van der Waals surface area contributed by atoms with E-state index < -0.39 is 26.0 Å². The fraction of sp³-hybridized carbons (Fsp3) is 0.0833. The Labute approximate surface area is 203 Å². The molecule has 1 aromatic heterocycles. The van der Waals surface area contributed by atoms with Crippen LogP contribution < -0.4 is 9.44 Å². The maximum absolute atomic E-state index is 13.1. The molecule has 1 heterocycles. The van der Waals surface area contributed by atoms with E-state index in [0.29, 0.717) is 11.4 Å². The molecule has 4 rings (SSSR count). The van der Waals surface area contributed by atoms with Crippen molar-refractivity contribution in [3.8, 4) is 5.69 Å². The largest absolute Gasteiger partial charge is 0.280 e. The Morgan fingerprint density at radius 2 is 1.34 bits per heavy atom. The molecule has 180 valence electrons. The fourth-order valence-electron chi connectivity index (χ4n) is 3.58. The monoisotopic (exact) mass is 510 g/mol. The van der Waals surface area contributed by atoms with Gasteiger partial charge in [0.1, 0.15) is 4.90 Å². The third-order valence-electron chi connectivity index (χ3n) is 5.17. The second-order valence-electron chi connectivity index (χ2n) is 7.68. The maximum atomic E-state index is 13.1. The van der Waals surface area contributed by atoms with Crippen LogP contribution in [0.1, 0.15) is 21.7 Å². The Morgan fingerprint density at radius 1 is 0.771 bits per heavy atom. The lowest BCUT2D eigenvalue weighted by Gasteiger charge is -2.11. The lowest BCUT2D eigenvalue weighted by atomic mass is 10.2. The molecule has 0 aliphatic rings. The van der Waals surface area contributed by atoms with Crippen LogP contribution in [0, 0.1) is 13.8 Å². The molecular formula is C24H22N4O5S2. The van der Waals surface area contributed by atoms with Crippen LogP contribution in [-0.2, 0) is 20.0 Å². The summed E-state index contributed by atoms with van der Waals surface area (Å²) in [6.45, 7) is 3.26. The van der Waals surface area contributed by atoms with Gasteiger partial charge in [-0.25, -0.2) is 26.2 Å². The van der Waals surface area contributed by atoms with E-state index in [-0.39, 0.29) is 21.0 Å². The van der Waals surface area contributed by atoms with Crippen molar-refractivity contribution in [1.29, 1.82) is 0 Å². The second-order valence-corrected chi connectivity index (χ2v) is 11.0. The quantitative estimate of drug-likeness (QED) is 0.392. The number of carbonyl (C=O) groups is 1. The van der Waals surface area contributed by atoms with Gasteiger partial charge in [-0.3, -0.25) is 9.52 Å². The van der Waals surface area contributed by atoms with Crippen molar-refractivity contribution in [1.82, 2.24) is 14.5 Å². The first-order chi connectivity index (χ1) is 16.6. The number of rotatable bonds is 7. The molecular weight excluding hydrogens is 488 g/mol. The molecule has 3 aromatic carbocycles. The zero-order valence-electron chi connectivity index (χ0n) is 18.8. The van der Waals surface area contributed by atoms with Gasteiger partial charge in [0.15, 0.2) is 0 Å². The van der Waals surface area contributed by atoms with E-state index in [1.807, 2.05) is 35.1 Å². The standard InChI is InChI=1S/C24H22N4O5S2/c1-17-23(18(2)28(25-17)21-11-7-4-8-12-21)35(32,33)26-20-13-15-22(16-14-20)34(30,31)27-24(29)19-9-5-3-6-10-19/h3-16,26H,1-2H3,(H,27,29).